The molecule has 4 heteroatoms. The van der Waals surface area contributed by atoms with Crippen LogP contribution < -0.4 is 4.74 Å². The van der Waals surface area contributed by atoms with Crippen molar-refractivity contribution in [3.05, 3.63) is 40.9 Å². The summed E-state index contributed by atoms with van der Waals surface area (Å²) in [4.78, 5) is 0. The first-order valence-corrected chi connectivity index (χ1v) is 7.72. The van der Waals surface area contributed by atoms with Gasteiger partial charge in [0.2, 0.25) is 0 Å². The molecule has 1 heterocycles. The van der Waals surface area contributed by atoms with E-state index in [9.17, 15) is 5.11 Å². The molecule has 1 fully saturated rings. The molecule has 1 unspecified atom stereocenters. The van der Waals surface area contributed by atoms with E-state index in [0.717, 1.165) is 41.5 Å². The molecule has 1 saturated carbocycles. The number of aliphatic hydroxyl groups is 1. The number of fused-ring (bicyclic) bond motifs is 1. The second kappa shape index (κ2) is 4.86. The summed E-state index contributed by atoms with van der Waals surface area (Å²) < 4.78 is 12.5. The highest BCUT2D eigenvalue weighted by Crippen LogP contribution is 2.55. The van der Waals surface area contributed by atoms with Crippen molar-refractivity contribution in [3.8, 4) is 5.75 Å². The molecule has 108 valence electrons. The van der Waals surface area contributed by atoms with Crippen LogP contribution >= 0.6 is 15.9 Å². The first-order valence-electron chi connectivity index (χ1n) is 6.92. The van der Waals surface area contributed by atoms with Crippen molar-refractivity contribution >= 4 is 15.9 Å². The van der Waals surface area contributed by atoms with Crippen LogP contribution in [0.2, 0.25) is 0 Å². The van der Waals surface area contributed by atoms with Gasteiger partial charge in [0.1, 0.15) is 11.4 Å². The molecule has 1 spiro atoms. The predicted molar refractivity (Wildman–Crippen MR) is 80.9 cm³/mol. The van der Waals surface area contributed by atoms with Crippen LogP contribution in [0.5, 0.6) is 5.75 Å². The van der Waals surface area contributed by atoms with E-state index in [-0.39, 0.29) is 6.10 Å². The van der Waals surface area contributed by atoms with Crippen molar-refractivity contribution in [3.63, 3.8) is 0 Å². The number of hydrogen-bond donors (Lipinski definition) is 1. The Labute approximate surface area is 127 Å². The lowest BCUT2D eigenvalue weighted by atomic mass is 9.70. The SMILES string of the molecule is C=CC1(O)c2cc(Br)ccc2OC12CCC(OC)CC2. The molecule has 3 nitrogen and oxygen atoms in total. The van der Waals surface area contributed by atoms with E-state index < -0.39 is 11.2 Å². The third kappa shape index (κ3) is 1.85. The first-order chi connectivity index (χ1) is 9.54. The maximum Gasteiger partial charge on any atom is 0.151 e. The van der Waals surface area contributed by atoms with Crippen LogP contribution in [0.15, 0.2) is 35.3 Å². The fraction of sp³-hybridized carbons (Fsp3) is 0.500. The molecule has 20 heavy (non-hydrogen) atoms. The van der Waals surface area contributed by atoms with Gasteiger partial charge in [-0.05, 0) is 43.9 Å². The van der Waals surface area contributed by atoms with E-state index in [0.29, 0.717) is 0 Å². The van der Waals surface area contributed by atoms with Crippen molar-refractivity contribution in [2.24, 2.45) is 0 Å². The maximum absolute atomic E-state index is 11.2. The number of methoxy groups -OCH3 is 1. The van der Waals surface area contributed by atoms with E-state index in [1.165, 1.54) is 0 Å². The summed E-state index contributed by atoms with van der Waals surface area (Å²) in [5, 5.41) is 11.2. The molecule has 3 rings (SSSR count). The number of halogens is 1. The highest BCUT2D eigenvalue weighted by Gasteiger charge is 2.58. The Morgan fingerprint density at radius 2 is 2.15 bits per heavy atom. The van der Waals surface area contributed by atoms with Crippen molar-refractivity contribution in [2.75, 3.05) is 7.11 Å². The highest BCUT2D eigenvalue weighted by atomic mass is 79.9. The van der Waals surface area contributed by atoms with Crippen LogP contribution in [0.25, 0.3) is 0 Å². The van der Waals surface area contributed by atoms with Crippen molar-refractivity contribution in [1.82, 2.24) is 0 Å². The molecule has 1 aromatic rings. The zero-order valence-electron chi connectivity index (χ0n) is 11.6. The zero-order chi connectivity index (χ0) is 14.4. The molecule has 2 aliphatic rings. The monoisotopic (exact) mass is 338 g/mol. The van der Waals surface area contributed by atoms with E-state index in [1.54, 1.807) is 13.2 Å². The smallest absolute Gasteiger partial charge is 0.151 e. The summed E-state index contributed by atoms with van der Waals surface area (Å²) in [7, 11) is 1.74. The number of rotatable bonds is 2. The van der Waals surface area contributed by atoms with Gasteiger partial charge >= 0.3 is 0 Å². The van der Waals surface area contributed by atoms with E-state index in [1.807, 2.05) is 18.2 Å². The minimum atomic E-state index is -1.13. The van der Waals surface area contributed by atoms with Gasteiger partial charge in [-0.25, -0.2) is 0 Å². The van der Waals surface area contributed by atoms with Gasteiger partial charge in [-0.1, -0.05) is 28.6 Å². The zero-order valence-corrected chi connectivity index (χ0v) is 13.1. The van der Waals surface area contributed by atoms with Gasteiger partial charge in [-0.3, -0.25) is 0 Å². The first kappa shape index (κ1) is 14.1. The summed E-state index contributed by atoms with van der Waals surface area (Å²) in [6.07, 6.45) is 5.19. The summed E-state index contributed by atoms with van der Waals surface area (Å²) in [6.45, 7) is 3.86. The molecule has 1 aliphatic carbocycles. The van der Waals surface area contributed by atoms with Gasteiger partial charge in [0.05, 0.1) is 6.10 Å². The lowest BCUT2D eigenvalue weighted by Crippen LogP contribution is -2.53. The number of ether oxygens (including phenoxy) is 2. The van der Waals surface area contributed by atoms with Gasteiger partial charge < -0.3 is 14.6 Å². The van der Waals surface area contributed by atoms with Gasteiger partial charge in [-0.15, -0.1) is 0 Å². The molecular weight excluding hydrogens is 320 g/mol. The Morgan fingerprint density at radius 1 is 1.45 bits per heavy atom. The Balaban J connectivity index is 2.01. The lowest BCUT2D eigenvalue weighted by Gasteiger charge is -2.43. The third-order valence-electron chi connectivity index (χ3n) is 4.72. The van der Waals surface area contributed by atoms with Crippen molar-refractivity contribution in [1.29, 1.82) is 0 Å². The van der Waals surface area contributed by atoms with Gasteiger partial charge in [-0.2, -0.15) is 0 Å². The fourth-order valence-electron chi connectivity index (χ4n) is 3.50. The van der Waals surface area contributed by atoms with Crippen LogP contribution in [0.4, 0.5) is 0 Å². The second-order valence-electron chi connectivity index (χ2n) is 5.64. The minimum absolute atomic E-state index is 0.258. The number of hydrogen-bond acceptors (Lipinski definition) is 3. The second-order valence-corrected chi connectivity index (χ2v) is 6.56. The molecule has 0 radical (unpaired) electrons. The Hall–Kier alpha value is -0.840. The van der Waals surface area contributed by atoms with Crippen LogP contribution in [0, 0.1) is 0 Å². The van der Waals surface area contributed by atoms with Crippen LogP contribution in [-0.2, 0) is 10.3 Å². The summed E-state index contributed by atoms with van der Waals surface area (Å²) >= 11 is 3.46. The average molecular weight is 339 g/mol. The molecule has 0 amide bonds. The van der Waals surface area contributed by atoms with Gasteiger partial charge in [0.25, 0.3) is 0 Å². The van der Waals surface area contributed by atoms with Crippen molar-refractivity contribution < 1.29 is 14.6 Å². The van der Waals surface area contributed by atoms with Crippen LogP contribution in [0.1, 0.15) is 31.2 Å². The summed E-state index contributed by atoms with van der Waals surface area (Å²) in [6, 6.07) is 5.77. The fourth-order valence-corrected chi connectivity index (χ4v) is 3.86. The van der Waals surface area contributed by atoms with Crippen LogP contribution in [0.3, 0.4) is 0 Å². The van der Waals surface area contributed by atoms with Crippen LogP contribution in [-0.4, -0.2) is 23.9 Å². The van der Waals surface area contributed by atoms with E-state index in [4.69, 9.17) is 9.47 Å². The molecule has 0 saturated heterocycles. The quantitative estimate of drug-likeness (QED) is 0.838. The Bertz CT molecular complexity index is 535. The molecular formula is C16H19BrO3. The molecule has 1 N–H and O–H groups in total. The molecule has 1 aromatic carbocycles. The molecule has 1 aliphatic heterocycles. The molecule has 0 bridgehead atoms. The molecule has 1 atom stereocenters. The normalized spacial score (nSPS) is 35.6. The standard InChI is InChI=1S/C16H19BrO3/c1-3-16(18)13-10-11(17)4-5-14(13)20-15(16)8-6-12(19-2)7-9-15/h3-5,10,12,18H,1,6-9H2,2H3. The van der Waals surface area contributed by atoms with E-state index >= 15 is 0 Å². The Kier molecular flexibility index (Phi) is 3.43. The van der Waals surface area contributed by atoms with E-state index in [2.05, 4.69) is 22.5 Å². The summed E-state index contributed by atoms with van der Waals surface area (Å²) in [5.41, 5.74) is -0.935. The largest absolute Gasteiger partial charge is 0.483 e. The lowest BCUT2D eigenvalue weighted by molar-refractivity contribution is -0.120. The maximum atomic E-state index is 11.2. The van der Waals surface area contributed by atoms with Gasteiger partial charge in [0, 0.05) is 17.1 Å². The topological polar surface area (TPSA) is 38.7 Å². The number of benzene rings is 1. The van der Waals surface area contributed by atoms with Gasteiger partial charge in [0.15, 0.2) is 5.60 Å². The predicted octanol–water partition coefficient (Wildman–Crippen LogP) is 3.54. The average Bonchev–Trinajstić information content (AvgIpc) is 2.70. The van der Waals surface area contributed by atoms with Crippen molar-refractivity contribution in [2.45, 2.75) is 43.0 Å². The third-order valence-corrected chi connectivity index (χ3v) is 5.21. The molecule has 0 aromatic heterocycles. The summed E-state index contributed by atoms with van der Waals surface area (Å²) in [5.74, 6) is 0.756. The Morgan fingerprint density at radius 3 is 2.75 bits per heavy atom. The highest BCUT2D eigenvalue weighted by molar-refractivity contribution is 9.10. The minimum Gasteiger partial charge on any atom is -0.483 e.